The molecule has 0 unspecified atom stereocenters. The first-order valence-electron chi connectivity index (χ1n) is 5.30. The van der Waals surface area contributed by atoms with Crippen molar-refractivity contribution >= 4 is 16.7 Å². The minimum atomic E-state index is -0.289. The van der Waals surface area contributed by atoms with E-state index in [1.54, 1.807) is 0 Å². The average molecular weight is 215 g/mol. The van der Waals surface area contributed by atoms with Gasteiger partial charge in [0.15, 0.2) is 5.78 Å². The second-order valence-corrected chi connectivity index (χ2v) is 3.76. The molecule has 0 spiro atoms. The van der Waals surface area contributed by atoms with E-state index >= 15 is 0 Å². The Morgan fingerprint density at radius 2 is 2.00 bits per heavy atom. The molecule has 1 heterocycles. The van der Waals surface area contributed by atoms with Crippen LogP contribution in [0.1, 0.15) is 29.8 Å². The molecule has 2 aromatic rings. The Morgan fingerprint density at radius 3 is 2.62 bits per heavy atom. The molecule has 82 valence electrons. The molecule has 3 nitrogen and oxygen atoms in total. The molecule has 0 aliphatic carbocycles. The fourth-order valence-electron chi connectivity index (χ4n) is 2.05. The molecule has 0 radical (unpaired) electrons. The Morgan fingerprint density at radius 1 is 1.31 bits per heavy atom. The van der Waals surface area contributed by atoms with Gasteiger partial charge < -0.3 is 4.98 Å². The lowest BCUT2D eigenvalue weighted by Crippen LogP contribution is -2.19. The number of carbonyl (C=O) groups is 1. The Hall–Kier alpha value is -1.90. The Kier molecular flexibility index (Phi) is 2.60. The van der Waals surface area contributed by atoms with Crippen molar-refractivity contribution in [3.05, 3.63) is 45.7 Å². The predicted octanol–water partition coefficient (Wildman–Crippen LogP) is 2.29. The highest BCUT2D eigenvalue weighted by atomic mass is 16.1. The first-order valence-corrected chi connectivity index (χ1v) is 5.30. The van der Waals surface area contributed by atoms with Crippen molar-refractivity contribution in [2.45, 2.75) is 20.3 Å². The van der Waals surface area contributed by atoms with Crippen molar-refractivity contribution in [2.75, 3.05) is 0 Å². The number of carbonyl (C=O) groups excluding carboxylic acids is 1. The van der Waals surface area contributed by atoms with E-state index in [9.17, 15) is 9.59 Å². The predicted molar refractivity (Wildman–Crippen MR) is 64.0 cm³/mol. The van der Waals surface area contributed by atoms with Crippen LogP contribution in [0.3, 0.4) is 0 Å². The van der Waals surface area contributed by atoms with Crippen molar-refractivity contribution in [1.29, 1.82) is 0 Å². The quantitative estimate of drug-likeness (QED) is 0.781. The van der Waals surface area contributed by atoms with E-state index in [1.165, 1.54) is 6.92 Å². The van der Waals surface area contributed by atoms with E-state index in [0.717, 1.165) is 16.5 Å². The maximum atomic E-state index is 11.8. The zero-order chi connectivity index (χ0) is 11.7. The number of rotatable bonds is 2. The van der Waals surface area contributed by atoms with Crippen LogP contribution < -0.4 is 5.56 Å². The highest BCUT2D eigenvalue weighted by Gasteiger charge is 2.14. The largest absolute Gasteiger partial charge is 0.321 e. The van der Waals surface area contributed by atoms with Crippen molar-refractivity contribution in [3.8, 4) is 0 Å². The number of benzene rings is 1. The van der Waals surface area contributed by atoms with Crippen LogP contribution in [0, 0.1) is 0 Å². The lowest BCUT2D eigenvalue weighted by atomic mass is 9.99. The molecule has 16 heavy (non-hydrogen) atoms. The van der Waals surface area contributed by atoms with Crippen LogP contribution in [0.15, 0.2) is 29.1 Å². The maximum absolute atomic E-state index is 11.8. The summed E-state index contributed by atoms with van der Waals surface area (Å²) in [5.74, 6) is -0.177. The van der Waals surface area contributed by atoms with Gasteiger partial charge in [0.2, 0.25) is 0 Å². The van der Waals surface area contributed by atoms with Crippen LogP contribution in [0.25, 0.3) is 10.9 Å². The van der Waals surface area contributed by atoms with Crippen LogP contribution in [-0.2, 0) is 6.42 Å². The van der Waals surface area contributed by atoms with Crippen molar-refractivity contribution in [3.63, 3.8) is 0 Å². The fraction of sp³-hybridized carbons (Fsp3) is 0.231. The molecule has 0 atom stereocenters. The summed E-state index contributed by atoms with van der Waals surface area (Å²) in [5.41, 5.74) is 1.63. The third-order valence-electron chi connectivity index (χ3n) is 2.73. The molecular weight excluding hydrogens is 202 g/mol. The number of fused-ring (bicyclic) bond motifs is 1. The number of ketones is 1. The van der Waals surface area contributed by atoms with Gasteiger partial charge in [-0.15, -0.1) is 0 Å². The first-order chi connectivity index (χ1) is 7.65. The van der Waals surface area contributed by atoms with Gasteiger partial charge in [-0.2, -0.15) is 0 Å². The number of aryl methyl sites for hydroxylation is 1. The topological polar surface area (TPSA) is 49.9 Å². The Balaban J connectivity index is 2.96. The second kappa shape index (κ2) is 3.93. The second-order valence-electron chi connectivity index (χ2n) is 3.76. The van der Waals surface area contributed by atoms with E-state index in [-0.39, 0.29) is 11.3 Å². The highest BCUT2D eigenvalue weighted by Crippen LogP contribution is 2.18. The maximum Gasteiger partial charge on any atom is 0.259 e. The van der Waals surface area contributed by atoms with Gasteiger partial charge in [0.25, 0.3) is 5.56 Å². The zero-order valence-electron chi connectivity index (χ0n) is 9.33. The first kappa shape index (κ1) is 10.6. The zero-order valence-corrected chi connectivity index (χ0v) is 9.33. The monoisotopic (exact) mass is 215 g/mol. The summed E-state index contributed by atoms with van der Waals surface area (Å²) >= 11 is 0. The molecule has 0 aliphatic rings. The number of para-hydroxylation sites is 1. The van der Waals surface area contributed by atoms with Gasteiger partial charge in [-0.1, -0.05) is 25.1 Å². The Labute approximate surface area is 93.1 Å². The normalized spacial score (nSPS) is 10.6. The van der Waals surface area contributed by atoms with Crippen LogP contribution in [0.2, 0.25) is 0 Å². The Bertz CT molecular complexity index is 611. The van der Waals surface area contributed by atoms with Crippen molar-refractivity contribution < 1.29 is 4.79 Å². The summed E-state index contributed by atoms with van der Waals surface area (Å²) in [7, 11) is 0. The SMILES string of the molecule is CCc1c(C(C)=O)c(=O)[nH]c2ccccc12. The molecule has 3 heteroatoms. The summed E-state index contributed by atoms with van der Waals surface area (Å²) in [5, 5.41) is 0.954. The molecule has 0 bridgehead atoms. The minimum Gasteiger partial charge on any atom is -0.321 e. The molecule has 0 fully saturated rings. The third-order valence-corrected chi connectivity index (χ3v) is 2.73. The van der Waals surface area contributed by atoms with E-state index in [1.807, 2.05) is 31.2 Å². The lowest BCUT2D eigenvalue weighted by Gasteiger charge is -2.08. The molecule has 1 N–H and O–H groups in total. The van der Waals surface area contributed by atoms with Gasteiger partial charge >= 0.3 is 0 Å². The summed E-state index contributed by atoms with van der Waals surface area (Å²) in [4.78, 5) is 26.0. The van der Waals surface area contributed by atoms with E-state index in [4.69, 9.17) is 0 Å². The molecule has 0 saturated heterocycles. The molecule has 1 aromatic heterocycles. The number of hydrogen-bond acceptors (Lipinski definition) is 2. The molecule has 2 rings (SSSR count). The van der Waals surface area contributed by atoms with Gasteiger partial charge in [-0.25, -0.2) is 0 Å². The fourth-order valence-corrected chi connectivity index (χ4v) is 2.05. The minimum absolute atomic E-state index is 0.177. The van der Waals surface area contributed by atoms with E-state index < -0.39 is 0 Å². The highest BCUT2D eigenvalue weighted by molar-refractivity contribution is 5.99. The summed E-state index contributed by atoms with van der Waals surface area (Å²) in [6, 6.07) is 7.55. The number of Topliss-reactive ketones (excluding diaryl/α,β-unsaturated/α-hetero) is 1. The van der Waals surface area contributed by atoms with Crippen LogP contribution in [0.5, 0.6) is 0 Å². The lowest BCUT2D eigenvalue weighted by molar-refractivity contribution is 0.101. The van der Waals surface area contributed by atoms with E-state index in [0.29, 0.717) is 12.0 Å². The standard InChI is InChI=1S/C13H13NO2/c1-3-9-10-6-4-5-7-11(10)14-13(16)12(9)8(2)15/h4-7H,3H2,1-2H3,(H,14,16). The molecule has 0 aliphatic heterocycles. The molecule has 1 aromatic carbocycles. The van der Waals surface area contributed by atoms with Gasteiger partial charge in [0.05, 0.1) is 5.56 Å². The molecular formula is C13H13NO2. The number of H-pyrrole nitrogens is 1. The third kappa shape index (κ3) is 1.54. The summed E-state index contributed by atoms with van der Waals surface area (Å²) < 4.78 is 0. The smallest absolute Gasteiger partial charge is 0.259 e. The van der Waals surface area contributed by atoms with Gasteiger partial charge in [-0.05, 0) is 25.0 Å². The molecule has 0 amide bonds. The van der Waals surface area contributed by atoms with Crippen LogP contribution in [-0.4, -0.2) is 10.8 Å². The number of nitrogens with one attached hydrogen (secondary N) is 1. The average Bonchev–Trinajstić information content (AvgIpc) is 2.26. The van der Waals surface area contributed by atoms with Crippen LogP contribution in [0.4, 0.5) is 0 Å². The molecule has 0 saturated carbocycles. The van der Waals surface area contributed by atoms with E-state index in [2.05, 4.69) is 4.98 Å². The van der Waals surface area contributed by atoms with Crippen molar-refractivity contribution in [2.24, 2.45) is 0 Å². The number of aromatic amines is 1. The van der Waals surface area contributed by atoms with Crippen molar-refractivity contribution in [1.82, 2.24) is 4.98 Å². The van der Waals surface area contributed by atoms with Gasteiger partial charge in [0.1, 0.15) is 0 Å². The number of aromatic nitrogens is 1. The van der Waals surface area contributed by atoms with Crippen LogP contribution >= 0.6 is 0 Å². The van der Waals surface area contributed by atoms with Gasteiger partial charge in [0, 0.05) is 10.9 Å². The number of pyridine rings is 1. The van der Waals surface area contributed by atoms with Gasteiger partial charge in [-0.3, -0.25) is 9.59 Å². The summed E-state index contributed by atoms with van der Waals surface area (Å²) in [6.07, 6.45) is 0.680. The number of hydrogen-bond donors (Lipinski definition) is 1. The summed E-state index contributed by atoms with van der Waals surface area (Å²) in [6.45, 7) is 3.38.